The minimum absolute atomic E-state index is 0.0921. The number of hydrogen-bond donors (Lipinski definition) is 1. The van der Waals surface area contributed by atoms with Crippen LogP contribution in [0.25, 0.3) is 4.96 Å². The number of carbonyl (C=O) groups excluding carboxylic acids is 1. The largest absolute Gasteiger partial charge is 0.467 e. The number of furan rings is 1. The lowest BCUT2D eigenvalue weighted by atomic mass is 10.2. The molecule has 0 aliphatic rings. The van der Waals surface area contributed by atoms with Crippen molar-refractivity contribution >= 4 is 22.2 Å². The molecule has 1 amide bonds. The summed E-state index contributed by atoms with van der Waals surface area (Å²) < 4.78 is 7.16. The fourth-order valence-electron chi connectivity index (χ4n) is 2.36. The van der Waals surface area contributed by atoms with Crippen molar-refractivity contribution in [2.75, 3.05) is 6.61 Å². The summed E-state index contributed by atoms with van der Waals surface area (Å²) in [4.78, 5) is 19.5. The van der Waals surface area contributed by atoms with Crippen molar-refractivity contribution in [1.29, 1.82) is 0 Å². The molecule has 0 fully saturated rings. The Morgan fingerprint density at radius 3 is 3.09 bits per heavy atom. The van der Waals surface area contributed by atoms with Crippen molar-refractivity contribution in [3.05, 3.63) is 47.6 Å². The lowest BCUT2D eigenvalue weighted by Crippen LogP contribution is -2.41. The molecule has 1 unspecified atom stereocenters. The number of rotatable bonds is 6. The molecular formula is C15H17N3O3S. The zero-order chi connectivity index (χ0) is 15.5. The van der Waals surface area contributed by atoms with Gasteiger partial charge >= 0.3 is 0 Å². The highest BCUT2D eigenvalue weighted by molar-refractivity contribution is 7.15. The van der Waals surface area contributed by atoms with Gasteiger partial charge in [-0.15, -0.1) is 11.3 Å². The lowest BCUT2D eigenvalue weighted by molar-refractivity contribution is 0.0540. The smallest absolute Gasteiger partial charge is 0.274 e. The van der Waals surface area contributed by atoms with Gasteiger partial charge in [0.25, 0.3) is 5.91 Å². The fraction of sp³-hybridized carbons (Fsp3) is 0.333. The Morgan fingerprint density at radius 1 is 1.59 bits per heavy atom. The monoisotopic (exact) mass is 319 g/mol. The number of aliphatic hydroxyl groups excluding tert-OH is 1. The van der Waals surface area contributed by atoms with Crippen molar-refractivity contribution in [1.82, 2.24) is 14.3 Å². The van der Waals surface area contributed by atoms with Crippen LogP contribution < -0.4 is 0 Å². The molecule has 3 heterocycles. The van der Waals surface area contributed by atoms with Crippen LogP contribution in [-0.2, 0) is 6.54 Å². The zero-order valence-electron chi connectivity index (χ0n) is 12.2. The first-order valence-electron chi connectivity index (χ1n) is 7.09. The molecule has 7 heteroatoms. The summed E-state index contributed by atoms with van der Waals surface area (Å²) in [5, 5.41) is 11.5. The van der Waals surface area contributed by atoms with Gasteiger partial charge in [0, 0.05) is 17.8 Å². The van der Waals surface area contributed by atoms with E-state index in [2.05, 4.69) is 4.98 Å². The van der Waals surface area contributed by atoms with E-state index in [1.54, 1.807) is 23.4 Å². The molecule has 0 aliphatic carbocycles. The van der Waals surface area contributed by atoms with E-state index in [0.29, 0.717) is 24.4 Å². The van der Waals surface area contributed by atoms with Gasteiger partial charge in [0.05, 0.1) is 25.5 Å². The molecule has 1 N–H and O–H groups in total. The van der Waals surface area contributed by atoms with Gasteiger partial charge in [-0.3, -0.25) is 9.20 Å². The van der Waals surface area contributed by atoms with Crippen LogP contribution in [-0.4, -0.2) is 37.9 Å². The average Bonchev–Trinajstić information content (AvgIpc) is 3.23. The number of nitrogens with zero attached hydrogens (tertiary/aromatic N) is 3. The molecule has 0 spiro atoms. The lowest BCUT2D eigenvalue weighted by Gasteiger charge is -2.28. The van der Waals surface area contributed by atoms with Gasteiger partial charge in [-0.05, 0) is 18.6 Å². The third-order valence-corrected chi connectivity index (χ3v) is 4.37. The van der Waals surface area contributed by atoms with E-state index in [4.69, 9.17) is 4.42 Å². The summed E-state index contributed by atoms with van der Waals surface area (Å²) in [5.41, 5.74) is 0.380. The third kappa shape index (κ3) is 2.77. The third-order valence-electron chi connectivity index (χ3n) is 3.60. The molecule has 0 saturated heterocycles. The van der Waals surface area contributed by atoms with E-state index < -0.39 is 0 Å². The van der Waals surface area contributed by atoms with Crippen molar-refractivity contribution < 1.29 is 14.3 Å². The SMILES string of the molecule is CCC(CO)N(Cc1ccco1)C(=O)c1cn2ccsc2n1. The Balaban J connectivity index is 1.89. The minimum Gasteiger partial charge on any atom is -0.467 e. The van der Waals surface area contributed by atoms with Crippen LogP contribution in [0.5, 0.6) is 0 Å². The number of carbonyl (C=O) groups is 1. The summed E-state index contributed by atoms with van der Waals surface area (Å²) in [6.07, 6.45) is 5.81. The number of amides is 1. The zero-order valence-corrected chi connectivity index (χ0v) is 13.0. The number of thiazole rings is 1. The fourth-order valence-corrected chi connectivity index (χ4v) is 3.06. The van der Waals surface area contributed by atoms with Crippen LogP contribution in [0.2, 0.25) is 0 Å². The van der Waals surface area contributed by atoms with Crippen LogP contribution in [0.1, 0.15) is 29.6 Å². The predicted octanol–water partition coefficient (Wildman–Crippen LogP) is 2.40. The molecular weight excluding hydrogens is 302 g/mol. The Hall–Kier alpha value is -2.12. The molecule has 116 valence electrons. The molecule has 0 radical (unpaired) electrons. The highest BCUT2D eigenvalue weighted by atomic mass is 32.1. The first kappa shape index (κ1) is 14.8. The molecule has 3 aromatic rings. The van der Waals surface area contributed by atoms with Crippen molar-refractivity contribution in [2.24, 2.45) is 0 Å². The van der Waals surface area contributed by atoms with Gasteiger partial charge < -0.3 is 14.4 Å². The highest BCUT2D eigenvalue weighted by Crippen LogP contribution is 2.17. The van der Waals surface area contributed by atoms with Crippen molar-refractivity contribution in [3.63, 3.8) is 0 Å². The van der Waals surface area contributed by atoms with Gasteiger partial charge in [-0.25, -0.2) is 4.98 Å². The number of fused-ring (bicyclic) bond motifs is 1. The van der Waals surface area contributed by atoms with Gasteiger partial charge in [0.15, 0.2) is 4.96 Å². The Bertz CT molecular complexity index is 715. The molecule has 0 aromatic carbocycles. The van der Waals surface area contributed by atoms with Gasteiger partial charge in [-0.1, -0.05) is 6.92 Å². The Kier molecular flexibility index (Phi) is 4.26. The Labute approximate surface area is 131 Å². The maximum absolute atomic E-state index is 12.8. The van der Waals surface area contributed by atoms with Crippen LogP contribution >= 0.6 is 11.3 Å². The molecule has 0 aliphatic heterocycles. The first-order chi connectivity index (χ1) is 10.7. The maximum atomic E-state index is 12.8. The number of imidazole rings is 1. The molecule has 6 nitrogen and oxygen atoms in total. The second-order valence-electron chi connectivity index (χ2n) is 4.98. The predicted molar refractivity (Wildman–Crippen MR) is 82.8 cm³/mol. The van der Waals surface area contributed by atoms with Gasteiger partial charge in [-0.2, -0.15) is 0 Å². The molecule has 0 saturated carbocycles. The summed E-state index contributed by atoms with van der Waals surface area (Å²) in [7, 11) is 0. The topological polar surface area (TPSA) is 71.0 Å². The van der Waals surface area contributed by atoms with E-state index in [1.807, 2.05) is 29.0 Å². The molecule has 3 rings (SSSR count). The van der Waals surface area contributed by atoms with Crippen LogP contribution in [0.4, 0.5) is 0 Å². The quantitative estimate of drug-likeness (QED) is 0.757. The van der Waals surface area contributed by atoms with Crippen molar-refractivity contribution in [2.45, 2.75) is 25.9 Å². The number of hydrogen-bond acceptors (Lipinski definition) is 5. The number of aromatic nitrogens is 2. The van der Waals surface area contributed by atoms with Crippen LogP contribution in [0.15, 0.2) is 40.6 Å². The normalized spacial score (nSPS) is 12.6. The summed E-state index contributed by atoms with van der Waals surface area (Å²) in [5.74, 6) is 0.481. The molecule has 1 atom stereocenters. The summed E-state index contributed by atoms with van der Waals surface area (Å²) >= 11 is 1.48. The summed E-state index contributed by atoms with van der Waals surface area (Å²) in [6, 6.07) is 3.33. The van der Waals surface area contributed by atoms with E-state index in [0.717, 1.165) is 4.96 Å². The molecule has 22 heavy (non-hydrogen) atoms. The van der Waals surface area contributed by atoms with Gasteiger partial charge in [0.2, 0.25) is 0 Å². The highest BCUT2D eigenvalue weighted by Gasteiger charge is 2.26. The molecule has 0 bridgehead atoms. The second-order valence-corrected chi connectivity index (χ2v) is 5.85. The maximum Gasteiger partial charge on any atom is 0.274 e. The van der Waals surface area contributed by atoms with Crippen LogP contribution in [0.3, 0.4) is 0 Å². The Morgan fingerprint density at radius 2 is 2.45 bits per heavy atom. The van der Waals surface area contributed by atoms with E-state index >= 15 is 0 Å². The van der Waals surface area contributed by atoms with E-state index in [9.17, 15) is 9.90 Å². The second kappa shape index (κ2) is 6.33. The first-order valence-corrected chi connectivity index (χ1v) is 7.97. The summed E-state index contributed by atoms with van der Waals surface area (Å²) in [6.45, 7) is 2.16. The molecule has 3 aromatic heterocycles. The van der Waals surface area contributed by atoms with Crippen LogP contribution in [0, 0.1) is 0 Å². The average molecular weight is 319 g/mol. The van der Waals surface area contributed by atoms with Crippen molar-refractivity contribution in [3.8, 4) is 0 Å². The van der Waals surface area contributed by atoms with E-state index in [-0.39, 0.29) is 18.6 Å². The standard InChI is InChI=1S/C15H17N3O3S/c1-2-11(10-19)18(8-12-4-3-6-21-12)14(20)13-9-17-5-7-22-15(17)16-13/h3-7,9,11,19H,2,8,10H2,1H3. The van der Waals surface area contributed by atoms with E-state index in [1.165, 1.54) is 11.3 Å². The van der Waals surface area contributed by atoms with Gasteiger partial charge in [0.1, 0.15) is 11.5 Å². The number of aliphatic hydroxyl groups is 1. The minimum atomic E-state index is -0.266.